The Labute approximate surface area is 158 Å². The molecular formula is C22H34O4. The Hall–Kier alpha value is -1.84. The fourth-order valence-electron chi connectivity index (χ4n) is 3.22. The Kier molecular flexibility index (Phi) is 8.32. The first-order chi connectivity index (χ1) is 12.3. The molecule has 26 heavy (non-hydrogen) atoms. The molecule has 0 amide bonds. The van der Waals surface area contributed by atoms with Gasteiger partial charge in [0.1, 0.15) is 11.2 Å². The summed E-state index contributed by atoms with van der Waals surface area (Å²) in [4.78, 5) is 25.2. The lowest BCUT2D eigenvalue weighted by molar-refractivity contribution is -0.0250. The maximum Gasteiger partial charge on any atom is 0.338 e. The van der Waals surface area contributed by atoms with E-state index in [1.165, 1.54) is 0 Å². The second-order valence-electron chi connectivity index (χ2n) is 6.85. The molecule has 4 nitrogen and oxygen atoms in total. The molecule has 0 fully saturated rings. The van der Waals surface area contributed by atoms with Gasteiger partial charge in [0.15, 0.2) is 0 Å². The molecule has 4 heteroatoms. The number of hydrogen-bond donors (Lipinski definition) is 0. The molecular weight excluding hydrogens is 328 g/mol. The van der Waals surface area contributed by atoms with E-state index < -0.39 is 23.1 Å². The second kappa shape index (κ2) is 9.75. The molecule has 146 valence electrons. The molecule has 0 saturated heterocycles. The first kappa shape index (κ1) is 22.2. The number of carbonyl (C=O) groups excluding carboxylic acids is 2. The summed E-state index contributed by atoms with van der Waals surface area (Å²) >= 11 is 0. The van der Waals surface area contributed by atoms with E-state index in [4.69, 9.17) is 9.47 Å². The minimum Gasteiger partial charge on any atom is -0.456 e. The van der Waals surface area contributed by atoms with Crippen LogP contribution >= 0.6 is 0 Å². The highest BCUT2D eigenvalue weighted by atomic mass is 16.6. The SMILES string of the molecule is CCC(CC)(CC)OC(=O)c1cccc(C(=O)OC(CC)(CC)CC)c1. The maximum atomic E-state index is 12.6. The van der Waals surface area contributed by atoms with Gasteiger partial charge in [0, 0.05) is 0 Å². The molecule has 0 aromatic heterocycles. The Bertz CT molecular complexity index is 532. The fraction of sp³-hybridized carbons (Fsp3) is 0.636. The van der Waals surface area contributed by atoms with Crippen LogP contribution < -0.4 is 0 Å². The van der Waals surface area contributed by atoms with Crippen LogP contribution in [0.25, 0.3) is 0 Å². The molecule has 0 radical (unpaired) electrons. The quantitative estimate of drug-likeness (QED) is 0.483. The van der Waals surface area contributed by atoms with Crippen LogP contribution in [-0.4, -0.2) is 23.1 Å². The van der Waals surface area contributed by atoms with Crippen molar-refractivity contribution in [1.82, 2.24) is 0 Å². The molecule has 0 bridgehead atoms. The predicted molar refractivity (Wildman–Crippen MR) is 104 cm³/mol. The van der Waals surface area contributed by atoms with Crippen LogP contribution in [-0.2, 0) is 9.47 Å². The topological polar surface area (TPSA) is 52.6 Å². The lowest BCUT2D eigenvalue weighted by atomic mass is 9.93. The third kappa shape index (κ3) is 5.09. The lowest BCUT2D eigenvalue weighted by Crippen LogP contribution is -2.34. The fourth-order valence-corrected chi connectivity index (χ4v) is 3.22. The van der Waals surface area contributed by atoms with Gasteiger partial charge in [-0.15, -0.1) is 0 Å². The first-order valence-electron chi connectivity index (χ1n) is 9.91. The maximum absolute atomic E-state index is 12.6. The summed E-state index contributed by atoms with van der Waals surface area (Å²) in [6.45, 7) is 12.1. The van der Waals surface area contributed by atoms with Crippen LogP contribution in [0.1, 0.15) is 101 Å². The summed E-state index contributed by atoms with van der Waals surface area (Å²) < 4.78 is 11.6. The minimum atomic E-state index is -0.449. The van der Waals surface area contributed by atoms with E-state index in [0.29, 0.717) is 11.1 Å². The molecule has 0 unspecified atom stereocenters. The van der Waals surface area contributed by atoms with Gasteiger partial charge in [-0.1, -0.05) is 47.6 Å². The zero-order chi connectivity index (χ0) is 19.8. The Morgan fingerprint density at radius 2 is 1.00 bits per heavy atom. The van der Waals surface area contributed by atoms with E-state index in [-0.39, 0.29) is 0 Å². The summed E-state index contributed by atoms with van der Waals surface area (Å²) in [5, 5.41) is 0. The molecule has 1 aromatic rings. The summed E-state index contributed by atoms with van der Waals surface area (Å²) in [7, 11) is 0. The highest BCUT2D eigenvalue weighted by Crippen LogP contribution is 2.28. The zero-order valence-corrected chi connectivity index (χ0v) is 17.2. The van der Waals surface area contributed by atoms with Crippen molar-refractivity contribution >= 4 is 11.9 Å². The molecule has 0 heterocycles. The van der Waals surface area contributed by atoms with E-state index in [1.54, 1.807) is 24.3 Å². The number of rotatable bonds is 10. The third-order valence-corrected chi connectivity index (χ3v) is 5.82. The van der Waals surface area contributed by atoms with Gasteiger partial charge in [-0.3, -0.25) is 0 Å². The van der Waals surface area contributed by atoms with Crippen LogP contribution in [0.5, 0.6) is 0 Å². The first-order valence-corrected chi connectivity index (χ1v) is 9.91. The molecule has 0 aliphatic rings. The molecule has 0 aliphatic heterocycles. The van der Waals surface area contributed by atoms with Crippen molar-refractivity contribution in [3.8, 4) is 0 Å². The minimum absolute atomic E-state index is 0.384. The summed E-state index contributed by atoms with van der Waals surface area (Å²) in [6, 6.07) is 6.63. The standard InChI is InChI=1S/C22H34O4/c1-7-21(8-2,9-3)25-19(23)17-14-13-15-18(16-17)20(24)26-22(10-4,11-5)12-6/h13-16H,7-12H2,1-6H3. The van der Waals surface area contributed by atoms with E-state index in [9.17, 15) is 9.59 Å². The Morgan fingerprint density at radius 3 is 1.27 bits per heavy atom. The highest BCUT2D eigenvalue weighted by Gasteiger charge is 2.31. The van der Waals surface area contributed by atoms with Crippen molar-refractivity contribution in [2.45, 2.75) is 91.3 Å². The average Bonchev–Trinajstić information content (AvgIpc) is 2.70. The van der Waals surface area contributed by atoms with Crippen LogP contribution in [0.4, 0.5) is 0 Å². The van der Waals surface area contributed by atoms with Gasteiger partial charge in [-0.25, -0.2) is 9.59 Å². The molecule has 0 aliphatic carbocycles. The average molecular weight is 363 g/mol. The van der Waals surface area contributed by atoms with Crippen molar-refractivity contribution in [2.75, 3.05) is 0 Å². The number of ether oxygens (including phenoxy) is 2. The number of carbonyl (C=O) groups is 2. The predicted octanol–water partition coefficient (Wildman–Crippen LogP) is 5.94. The van der Waals surface area contributed by atoms with E-state index >= 15 is 0 Å². The normalized spacial score (nSPS) is 11.9. The molecule has 0 saturated carbocycles. The van der Waals surface area contributed by atoms with Crippen LogP contribution in [0.15, 0.2) is 24.3 Å². The molecule has 1 rings (SSSR count). The molecule has 0 atom stereocenters. The van der Waals surface area contributed by atoms with Crippen LogP contribution in [0.3, 0.4) is 0 Å². The Morgan fingerprint density at radius 1 is 0.692 bits per heavy atom. The van der Waals surface area contributed by atoms with Crippen molar-refractivity contribution in [3.63, 3.8) is 0 Å². The van der Waals surface area contributed by atoms with E-state index in [2.05, 4.69) is 0 Å². The van der Waals surface area contributed by atoms with Gasteiger partial charge in [-0.05, 0) is 56.7 Å². The lowest BCUT2D eigenvalue weighted by Gasteiger charge is -2.31. The van der Waals surface area contributed by atoms with Crippen LogP contribution in [0, 0.1) is 0 Å². The number of benzene rings is 1. The monoisotopic (exact) mass is 362 g/mol. The van der Waals surface area contributed by atoms with Crippen molar-refractivity contribution in [2.24, 2.45) is 0 Å². The van der Waals surface area contributed by atoms with Gasteiger partial charge in [0.25, 0.3) is 0 Å². The zero-order valence-electron chi connectivity index (χ0n) is 17.2. The molecule has 0 spiro atoms. The number of esters is 2. The van der Waals surface area contributed by atoms with E-state index in [0.717, 1.165) is 38.5 Å². The van der Waals surface area contributed by atoms with Gasteiger partial charge >= 0.3 is 11.9 Å². The van der Waals surface area contributed by atoms with Gasteiger partial charge in [0.2, 0.25) is 0 Å². The highest BCUT2D eigenvalue weighted by molar-refractivity contribution is 5.95. The van der Waals surface area contributed by atoms with Crippen molar-refractivity contribution in [3.05, 3.63) is 35.4 Å². The van der Waals surface area contributed by atoms with Crippen molar-refractivity contribution in [1.29, 1.82) is 0 Å². The third-order valence-electron chi connectivity index (χ3n) is 5.82. The summed E-state index contributed by atoms with van der Waals surface area (Å²) in [5.74, 6) is -0.782. The molecule has 1 aromatic carbocycles. The smallest absolute Gasteiger partial charge is 0.338 e. The van der Waals surface area contributed by atoms with Crippen molar-refractivity contribution < 1.29 is 19.1 Å². The second-order valence-corrected chi connectivity index (χ2v) is 6.85. The molecule has 0 N–H and O–H groups in total. The largest absolute Gasteiger partial charge is 0.456 e. The van der Waals surface area contributed by atoms with Gasteiger partial charge in [0.05, 0.1) is 11.1 Å². The van der Waals surface area contributed by atoms with E-state index in [1.807, 2.05) is 41.5 Å². The van der Waals surface area contributed by atoms with Crippen LogP contribution in [0.2, 0.25) is 0 Å². The van der Waals surface area contributed by atoms with Gasteiger partial charge in [-0.2, -0.15) is 0 Å². The summed E-state index contributed by atoms with van der Waals surface area (Å²) in [6.07, 6.45) is 4.58. The summed E-state index contributed by atoms with van der Waals surface area (Å²) in [5.41, 5.74) is -0.131. The Balaban J connectivity index is 3.00. The van der Waals surface area contributed by atoms with Gasteiger partial charge < -0.3 is 9.47 Å². The number of hydrogen-bond acceptors (Lipinski definition) is 4.